The van der Waals surface area contributed by atoms with Gasteiger partial charge in [-0.1, -0.05) is 6.07 Å². The second-order valence-corrected chi connectivity index (χ2v) is 7.05. The van der Waals surface area contributed by atoms with Crippen molar-refractivity contribution >= 4 is 35.2 Å². The lowest BCUT2D eigenvalue weighted by Gasteiger charge is -2.21. The minimum atomic E-state index is -1.07. The molecule has 0 saturated heterocycles. The molecule has 19 heavy (non-hydrogen) atoms. The second-order valence-electron chi connectivity index (χ2n) is 4.78. The Bertz CT molecular complexity index is 425. The van der Waals surface area contributed by atoms with Crippen LogP contribution in [0.2, 0.25) is 0 Å². The summed E-state index contributed by atoms with van der Waals surface area (Å²) in [6.07, 6.45) is -0.716. The van der Waals surface area contributed by atoms with E-state index in [-0.39, 0.29) is 5.75 Å². The minimum Gasteiger partial charge on any atom is -0.480 e. The van der Waals surface area contributed by atoms with Gasteiger partial charge in [0.1, 0.15) is 11.6 Å². The molecule has 7 heteroatoms. The maximum atomic E-state index is 11.5. The summed E-state index contributed by atoms with van der Waals surface area (Å²) in [5.74, 6) is -0.815. The molecule has 0 aromatic carbocycles. The van der Waals surface area contributed by atoms with Gasteiger partial charge in [0.05, 0.1) is 4.21 Å². The number of amides is 1. The van der Waals surface area contributed by atoms with Crippen LogP contribution >= 0.6 is 23.1 Å². The summed E-state index contributed by atoms with van der Waals surface area (Å²) in [5, 5.41) is 13.3. The molecule has 106 valence electrons. The molecule has 0 bridgehead atoms. The third-order valence-corrected chi connectivity index (χ3v) is 4.10. The standard InChI is InChI=1S/C12H17NO4S2/c1-12(2,3)17-11(16)13-8(10(14)15)7-19-9-5-4-6-18-9/h4-6,8H,7H2,1-3H3,(H,13,16)(H,14,15). The first-order chi connectivity index (χ1) is 8.78. The van der Waals surface area contributed by atoms with Crippen molar-refractivity contribution in [2.75, 3.05) is 5.75 Å². The fourth-order valence-corrected chi connectivity index (χ4v) is 2.96. The van der Waals surface area contributed by atoms with Crippen molar-refractivity contribution in [2.45, 2.75) is 36.6 Å². The number of hydrogen-bond acceptors (Lipinski definition) is 5. The fraction of sp³-hybridized carbons (Fsp3) is 0.500. The maximum Gasteiger partial charge on any atom is 0.408 e. The number of carboxylic acid groups (broad SMARTS) is 1. The first-order valence-corrected chi connectivity index (χ1v) is 7.53. The van der Waals surface area contributed by atoms with Crippen LogP contribution in [-0.4, -0.2) is 34.6 Å². The Labute approximate surface area is 120 Å². The molecule has 1 heterocycles. The average molecular weight is 303 g/mol. The van der Waals surface area contributed by atoms with Gasteiger partial charge >= 0.3 is 12.1 Å². The number of rotatable bonds is 5. The largest absolute Gasteiger partial charge is 0.480 e. The minimum absolute atomic E-state index is 0.259. The number of aliphatic carboxylic acids is 1. The molecule has 0 aliphatic carbocycles. The van der Waals surface area contributed by atoms with E-state index >= 15 is 0 Å². The van der Waals surface area contributed by atoms with Crippen LogP contribution in [0.4, 0.5) is 4.79 Å². The number of hydrogen-bond donors (Lipinski definition) is 2. The number of thioether (sulfide) groups is 1. The molecule has 0 aliphatic heterocycles. The normalized spacial score (nSPS) is 12.8. The zero-order valence-electron chi connectivity index (χ0n) is 11.0. The number of carboxylic acids is 1. The molecule has 0 fully saturated rings. The van der Waals surface area contributed by atoms with Gasteiger partial charge in [-0.05, 0) is 32.2 Å². The van der Waals surface area contributed by atoms with Gasteiger partial charge in [0.2, 0.25) is 0 Å². The molecule has 1 rings (SSSR count). The van der Waals surface area contributed by atoms with E-state index in [9.17, 15) is 9.59 Å². The van der Waals surface area contributed by atoms with Crippen LogP contribution in [0, 0.1) is 0 Å². The highest BCUT2D eigenvalue weighted by atomic mass is 32.2. The molecule has 0 aliphatic rings. The van der Waals surface area contributed by atoms with Gasteiger partial charge in [0, 0.05) is 5.75 Å². The number of thiophene rings is 1. The van der Waals surface area contributed by atoms with E-state index in [4.69, 9.17) is 9.84 Å². The Morgan fingerprint density at radius 3 is 2.68 bits per heavy atom. The molecule has 2 N–H and O–H groups in total. The topological polar surface area (TPSA) is 75.6 Å². The number of alkyl carbamates (subject to hydrolysis) is 1. The van der Waals surface area contributed by atoms with Gasteiger partial charge < -0.3 is 15.2 Å². The Balaban J connectivity index is 2.49. The van der Waals surface area contributed by atoms with E-state index in [1.165, 1.54) is 23.1 Å². The molecular weight excluding hydrogens is 286 g/mol. The lowest BCUT2D eigenvalue weighted by molar-refractivity contribution is -0.138. The summed E-state index contributed by atoms with van der Waals surface area (Å²) in [5.41, 5.74) is -0.645. The molecule has 0 spiro atoms. The van der Waals surface area contributed by atoms with Gasteiger partial charge in [-0.25, -0.2) is 9.59 Å². The lowest BCUT2D eigenvalue weighted by atomic mass is 10.2. The van der Waals surface area contributed by atoms with Crippen LogP contribution in [0.25, 0.3) is 0 Å². The van der Waals surface area contributed by atoms with E-state index < -0.39 is 23.7 Å². The van der Waals surface area contributed by atoms with Gasteiger partial charge in [0.15, 0.2) is 0 Å². The molecule has 1 amide bonds. The van der Waals surface area contributed by atoms with Crippen LogP contribution in [-0.2, 0) is 9.53 Å². The summed E-state index contributed by atoms with van der Waals surface area (Å²) in [6, 6.07) is 2.83. The van der Waals surface area contributed by atoms with E-state index in [1.807, 2.05) is 17.5 Å². The van der Waals surface area contributed by atoms with Gasteiger partial charge in [-0.3, -0.25) is 0 Å². The Morgan fingerprint density at radius 1 is 1.53 bits per heavy atom. The van der Waals surface area contributed by atoms with Crippen LogP contribution in [0.1, 0.15) is 20.8 Å². The van der Waals surface area contributed by atoms with Crippen molar-refractivity contribution in [3.63, 3.8) is 0 Å². The third-order valence-electron chi connectivity index (χ3n) is 1.88. The molecule has 1 unspecified atom stereocenters. The van der Waals surface area contributed by atoms with Crippen molar-refractivity contribution in [1.29, 1.82) is 0 Å². The van der Waals surface area contributed by atoms with Crippen LogP contribution in [0.15, 0.2) is 21.7 Å². The Kier molecular flexibility index (Phi) is 5.68. The molecule has 0 saturated carbocycles. The summed E-state index contributed by atoms with van der Waals surface area (Å²) in [7, 11) is 0. The molecule has 5 nitrogen and oxygen atoms in total. The van der Waals surface area contributed by atoms with E-state index in [0.717, 1.165) is 4.21 Å². The zero-order chi connectivity index (χ0) is 14.5. The maximum absolute atomic E-state index is 11.5. The smallest absolute Gasteiger partial charge is 0.408 e. The van der Waals surface area contributed by atoms with Crippen molar-refractivity contribution in [3.8, 4) is 0 Å². The number of carbonyl (C=O) groups is 2. The van der Waals surface area contributed by atoms with E-state index in [1.54, 1.807) is 20.8 Å². The predicted octanol–water partition coefficient (Wildman–Crippen LogP) is 2.82. The highest BCUT2D eigenvalue weighted by Gasteiger charge is 2.24. The number of nitrogens with one attached hydrogen (secondary N) is 1. The SMILES string of the molecule is CC(C)(C)OC(=O)NC(CSc1cccs1)C(=O)O. The van der Waals surface area contributed by atoms with Gasteiger partial charge in [-0.15, -0.1) is 23.1 Å². The molecule has 1 aromatic heterocycles. The first-order valence-electron chi connectivity index (χ1n) is 5.66. The Morgan fingerprint density at radius 2 is 2.21 bits per heavy atom. The Hall–Kier alpha value is -1.21. The zero-order valence-corrected chi connectivity index (χ0v) is 12.6. The third kappa shape index (κ3) is 6.49. The van der Waals surface area contributed by atoms with Crippen molar-refractivity contribution < 1.29 is 19.4 Å². The number of ether oxygens (including phenoxy) is 1. The molecular formula is C12H17NO4S2. The fourth-order valence-electron chi connectivity index (χ4n) is 1.14. The quantitative estimate of drug-likeness (QED) is 0.818. The van der Waals surface area contributed by atoms with Crippen LogP contribution < -0.4 is 5.32 Å². The summed E-state index contributed by atoms with van der Waals surface area (Å²) >= 11 is 2.92. The lowest BCUT2D eigenvalue weighted by Crippen LogP contribution is -2.44. The van der Waals surface area contributed by atoms with Crippen LogP contribution in [0.3, 0.4) is 0 Å². The second kappa shape index (κ2) is 6.81. The summed E-state index contributed by atoms with van der Waals surface area (Å²) < 4.78 is 6.05. The van der Waals surface area contributed by atoms with Gasteiger partial charge in [-0.2, -0.15) is 0 Å². The predicted molar refractivity (Wildman–Crippen MR) is 75.8 cm³/mol. The molecule has 1 atom stereocenters. The molecule has 0 radical (unpaired) electrons. The number of carbonyl (C=O) groups excluding carboxylic acids is 1. The van der Waals surface area contributed by atoms with Crippen LogP contribution in [0.5, 0.6) is 0 Å². The molecule has 1 aromatic rings. The highest BCUT2D eigenvalue weighted by molar-refractivity contribution is 8.01. The monoisotopic (exact) mass is 303 g/mol. The summed E-state index contributed by atoms with van der Waals surface area (Å²) in [4.78, 5) is 22.6. The average Bonchev–Trinajstić information content (AvgIpc) is 2.73. The van der Waals surface area contributed by atoms with Gasteiger partial charge in [0.25, 0.3) is 0 Å². The highest BCUT2D eigenvalue weighted by Crippen LogP contribution is 2.24. The summed E-state index contributed by atoms with van der Waals surface area (Å²) in [6.45, 7) is 5.17. The van der Waals surface area contributed by atoms with Crippen molar-refractivity contribution in [3.05, 3.63) is 17.5 Å². The van der Waals surface area contributed by atoms with Crippen molar-refractivity contribution in [2.24, 2.45) is 0 Å². The van der Waals surface area contributed by atoms with E-state index in [2.05, 4.69) is 5.32 Å². The van der Waals surface area contributed by atoms with Crippen molar-refractivity contribution in [1.82, 2.24) is 5.32 Å². The first kappa shape index (κ1) is 15.8. The van der Waals surface area contributed by atoms with E-state index in [0.29, 0.717) is 0 Å².